The third kappa shape index (κ3) is 2.83. The Bertz CT molecular complexity index is 367. The SMILES string of the molecule is CCC1CCC(C(NC)c2cncc(F)c2)C1. The number of nitrogens with zero attached hydrogens (tertiary/aromatic N) is 1. The monoisotopic (exact) mass is 236 g/mol. The minimum Gasteiger partial charge on any atom is -0.313 e. The molecule has 0 radical (unpaired) electrons. The summed E-state index contributed by atoms with van der Waals surface area (Å²) in [7, 11) is 1.95. The standard InChI is InChI=1S/C14H21FN2/c1-3-10-4-5-11(6-10)14(16-2)12-7-13(15)9-17-8-12/h7-11,14,16H,3-6H2,1-2H3. The van der Waals surface area contributed by atoms with Crippen molar-refractivity contribution >= 4 is 0 Å². The number of nitrogens with one attached hydrogen (secondary N) is 1. The first-order chi connectivity index (χ1) is 8.24. The Hall–Kier alpha value is -0.960. The summed E-state index contributed by atoms with van der Waals surface area (Å²) in [5, 5.41) is 3.33. The summed E-state index contributed by atoms with van der Waals surface area (Å²) < 4.78 is 13.2. The quantitative estimate of drug-likeness (QED) is 0.867. The minimum absolute atomic E-state index is 0.243. The molecule has 0 bridgehead atoms. The van der Waals surface area contributed by atoms with Gasteiger partial charge in [-0.2, -0.15) is 0 Å². The molecular formula is C14H21FN2. The summed E-state index contributed by atoms with van der Waals surface area (Å²) in [5.74, 6) is 1.22. The molecule has 2 rings (SSSR count). The molecule has 1 aromatic heterocycles. The molecule has 0 aromatic carbocycles. The number of rotatable bonds is 4. The first-order valence-electron chi connectivity index (χ1n) is 6.52. The lowest BCUT2D eigenvalue weighted by Gasteiger charge is -2.23. The zero-order valence-electron chi connectivity index (χ0n) is 10.6. The van der Waals surface area contributed by atoms with Gasteiger partial charge in [0.15, 0.2) is 0 Å². The van der Waals surface area contributed by atoms with E-state index < -0.39 is 0 Å². The predicted molar refractivity (Wildman–Crippen MR) is 67.1 cm³/mol. The van der Waals surface area contributed by atoms with Crippen molar-refractivity contribution in [3.8, 4) is 0 Å². The van der Waals surface area contributed by atoms with Crippen molar-refractivity contribution in [2.24, 2.45) is 11.8 Å². The van der Waals surface area contributed by atoms with Gasteiger partial charge in [0, 0.05) is 12.2 Å². The largest absolute Gasteiger partial charge is 0.313 e. The van der Waals surface area contributed by atoms with E-state index in [1.54, 1.807) is 12.3 Å². The molecule has 0 saturated heterocycles. The van der Waals surface area contributed by atoms with Crippen molar-refractivity contribution in [2.75, 3.05) is 7.05 Å². The van der Waals surface area contributed by atoms with Crippen molar-refractivity contribution in [1.29, 1.82) is 0 Å². The molecular weight excluding hydrogens is 215 g/mol. The second-order valence-corrected chi connectivity index (χ2v) is 5.05. The van der Waals surface area contributed by atoms with Crippen molar-refractivity contribution in [3.63, 3.8) is 0 Å². The van der Waals surface area contributed by atoms with Crippen molar-refractivity contribution in [3.05, 3.63) is 29.8 Å². The maximum atomic E-state index is 13.2. The summed E-state index contributed by atoms with van der Waals surface area (Å²) in [6, 6.07) is 1.85. The molecule has 1 aliphatic rings. The molecule has 1 N–H and O–H groups in total. The fourth-order valence-corrected chi connectivity index (χ4v) is 3.06. The van der Waals surface area contributed by atoms with E-state index in [0.717, 1.165) is 11.5 Å². The Morgan fingerprint density at radius 2 is 2.29 bits per heavy atom. The normalized spacial score (nSPS) is 26.1. The van der Waals surface area contributed by atoms with Crippen LogP contribution >= 0.6 is 0 Å². The van der Waals surface area contributed by atoms with Crippen molar-refractivity contribution in [1.82, 2.24) is 10.3 Å². The molecule has 1 fully saturated rings. The smallest absolute Gasteiger partial charge is 0.141 e. The molecule has 1 heterocycles. The van der Waals surface area contributed by atoms with Crippen LogP contribution in [-0.4, -0.2) is 12.0 Å². The highest BCUT2D eigenvalue weighted by Crippen LogP contribution is 2.40. The molecule has 17 heavy (non-hydrogen) atoms. The third-order valence-electron chi connectivity index (χ3n) is 4.03. The lowest BCUT2D eigenvalue weighted by molar-refractivity contribution is 0.370. The summed E-state index contributed by atoms with van der Waals surface area (Å²) >= 11 is 0. The fourth-order valence-electron chi connectivity index (χ4n) is 3.06. The van der Waals surface area contributed by atoms with Crippen LogP contribution in [0.5, 0.6) is 0 Å². The van der Waals surface area contributed by atoms with Crippen LogP contribution in [0.1, 0.15) is 44.2 Å². The van der Waals surface area contributed by atoms with Gasteiger partial charge < -0.3 is 5.32 Å². The average molecular weight is 236 g/mol. The zero-order valence-corrected chi connectivity index (χ0v) is 10.6. The fraction of sp³-hybridized carbons (Fsp3) is 0.643. The highest BCUT2D eigenvalue weighted by molar-refractivity contribution is 5.16. The molecule has 1 saturated carbocycles. The summed E-state index contributed by atoms with van der Waals surface area (Å²) in [6.45, 7) is 2.26. The second-order valence-electron chi connectivity index (χ2n) is 5.05. The Kier molecular flexibility index (Phi) is 4.11. The van der Waals surface area contributed by atoms with Crippen LogP contribution in [0.3, 0.4) is 0 Å². The summed E-state index contributed by atoms with van der Waals surface area (Å²) in [4.78, 5) is 3.95. The van der Waals surface area contributed by atoms with E-state index in [1.807, 2.05) is 7.05 Å². The highest BCUT2D eigenvalue weighted by atomic mass is 19.1. The second kappa shape index (κ2) is 5.58. The van der Waals surface area contributed by atoms with Crippen molar-refractivity contribution < 1.29 is 4.39 Å². The number of pyridine rings is 1. The number of hydrogen-bond donors (Lipinski definition) is 1. The molecule has 2 nitrogen and oxygen atoms in total. The average Bonchev–Trinajstić information content (AvgIpc) is 2.79. The molecule has 3 heteroatoms. The number of aromatic nitrogens is 1. The van der Waals surface area contributed by atoms with Gasteiger partial charge in [0.1, 0.15) is 5.82 Å². The lowest BCUT2D eigenvalue weighted by Crippen LogP contribution is -2.24. The Labute approximate surface area is 103 Å². The molecule has 94 valence electrons. The minimum atomic E-state index is -0.243. The van der Waals surface area contributed by atoms with Crippen LogP contribution in [0, 0.1) is 17.7 Å². The molecule has 0 amide bonds. The summed E-state index contributed by atoms with van der Waals surface area (Å²) in [5.41, 5.74) is 0.981. The van der Waals surface area contributed by atoms with Crippen LogP contribution in [0.15, 0.2) is 18.5 Å². The van der Waals surface area contributed by atoms with E-state index in [-0.39, 0.29) is 11.9 Å². The van der Waals surface area contributed by atoms with Crippen LogP contribution in [0.25, 0.3) is 0 Å². The van der Waals surface area contributed by atoms with Crippen LogP contribution in [-0.2, 0) is 0 Å². The first kappa shape index (κ1) is 12.5. The van der Waals surface area contributed by atoms with E-state index in [2.05, 4.69) is 17.2 Å². The zero-order chi connectivity index (χ0) is 12.3. The first-order valence-corrected chi connectivity index (χ1v) is 6.52. The Morgan fingerprint density at radius 1 is 1.47 bits per heavy atom. The van der Waals surface area contributed by atoms with Gasteiger partial charge in [-0.3, -0.25) is 4.98 Å². The predicted octanol–water partition coefficient (Wildman–Crippen LogP) is 3.31. The maximum absolute atomic E-state index is 13.2. The van der Waals surface area contributed by atoms with E-state index in [4.69, 9.17) is 0 Å². The van der Waals surface area contributed by atoms with Gasteiger partial charge in [0.2, 0.25) is 0 Å². The molecule has 3 atom stereocenters. The van der Waals surface area contributed by atoms with E-state index in [1.165, 1.54) is 31.9 Å². The van der Waals surface area contributed by atoms with Gasteiger partial charge >= 0.3 is 0 Å². The highest BCUT2D eigenvalue weighted by Gasteiger charge is 2.30. The van der Waals surface area contributed by atoms with E-state index in [0.29, 0.717) is 5.92 Å². The Balaban J connectivity index is 2.11. The van der Waals surface area contributed by atoms with E-state index >= 15 is 0 Å². The molecule has 3 unspecified atom stereocenters. The third-order valence-corrected chi connectivity index (χ3v) is 4.03. The molecule has 0 spiro atoms. The topological polar surface area (TPSA) is 24.9 Å². The van der Waals surface area contributed by atoms with Gasteiger partial charge in [-0.15, -0.1) is 0 Å². The van der Waals surface area contributed by atoms with Crippen LogP contribution in [0.4, 0.5) is 4.39 Å². The maximum Gasteiger partial charge on any atom is 0.141 e. The van der Waals surface area contributed by atoms with Gasteiger partial charge in [-0.25, -0.2) is 4.39 Å². The number of hydrogen-bond acceptors (Lipinski definition) is 2. The van der Waals surface area contributed by atoms with Gasteiger partial charge in [0.05, 0.1) is 6.20 Å². The molecule has 0 aliphatic heterocycles. The Morgan fingerprint density at radius 3 is 2.88 bits per heavy atom. The van der Waals surface area contributed by atoms with Crippen LogP contribution in [0.2, 0.25) is 0 Å². The van der Waals surface area contributed by atoms with Gasteiger partial charge in [0.25, 0.3) is 0 Å². The molecule has 1 aliphatic carbocycles. The number of halogens is 1. The van der Waals surface area contributed by atoms with E-state index in [9.17, 15) is 4.39 Å². The van der Waals surface area contributed by atoms with Gasteiger partial charge in [-0.1, -0.05) is 19.8 Å². The van der Waals surface area contributed by atoms with Crippen molar-refractivity contribution in [2.45, 2.75) is 38.6 Å². The van der Waals surface area contributed by atoms with Crippen LogP contribution < -0.4 is 5.32 Å². The van der Waals surface area contributed by atoms with Gasteiger partial charge in [-0.05, 0) is 43.4 Å². The lowest BCUT2D eigenvalue weighted by atomic mass is 9.91. The summed E-state index contributed by atoms with van der Waals surface area (Å²) in [6.07, 6.45) is 8.10. The molecule has 1 aromatic rings.